The van der Waals surface area contributed by atoms with E-state index in [0.29, 0.717) is 25.4 Å². The summed E-state index contributed by atoms with van der Waals surface area (Å²) in [6, 6.07) is 3.50. The Kier molecular flexibility index (Phi) is 5.98. The summed E-state index contributed by atoms with van der Waals surface area (Å²) in [5.41, 5.74) is -1.82. The van der Waals surface area contributed by atoms with Crippen LogP contribution in [0.2, 0.25) is 0 Å². The van der Waals surface area contributed by atoms with Crippen LogP contribution in [0.5, 0.6) is 5.75 Å². The molecule has 2 rings (SSSR count). The van der Waals surface area contributed by atoms with Crippen LogP contribution in [0.1, 0.15) is 45.1 Å². The lowest BCUT2D eigenvalue weighted by molar-refractivity contribution is -0.148. The van der Waals surface area contributed by atoms with Crippen LogP contribution < -0.4 is 10.1 Å². The summed E-state index contributed by atoms with van der Waals surface area (Å²) < 4.78 is 49.9. The average molecular weight is 359 g/mol. The summed E-state index contributed by atoms with van der Waals surface area (Å²) in [6.07, 6.45) is -1.56. The Hall–Kier alpha value is -1.76. The molecule has 0 aliphatic heterocycles. The Bertz CT molecular complexity index is 614. The zero-order chi connectivity index (χ0) is 18.7. The van der Waals surface area contributed by atoms with E-state index in [2.05, 4.69) is 12.2 Å². The molecule has 1 aromatic carbocycles. The number of nitrogens with one attached hydrogen (secondary N) is 1. The number of ether oxygens (including phenoxy) is 2. The highest BCUT2D eigenvalue weighted by Gasteiger charge is 2.43. The van der Waals surface area contributed by atoms with Crippen LogP contribution in [0.3, 0.4) is 0 Å². The Labute approximate surface area is 145 Å². The Morgan fingerprint density at radius 3 is 2.68 bits per heavy atom. The minimum atomic E-state index is -4.57. The molecule has 1 N–H and O–H groups in total. The number of anilines is 1. The van der Waals surface area contributed by atoms with Crippen LogP contribution in [-0.4, -0.2) is 25.2 Å². The molecule has 25 heavy (non-hydrogen) atoms. The second-order valence-electron chi connectivity index (χ2n) is 6.50. The Morgan fingerprint density at radius 2 is 2.12 bits per heavy atom. The van der Waals surface area contributed by atoms with Crippen molar-refractivity contribution >= 4 is 11.6 Å². The molecule has 1 aliphatic carbocycles. The first-order valence-corrected chi connectivity index (χ1v) is 8.42. The summed E-state index contributed by atoms with van der Waals surface area (Å²) in [7, 11) is 1.18. The maximum Gasteiger partial charge on any atom is 0.420 e. The monoisotopic (exact) mass is 359 g/mol. The molecule has 0 heterocycles. The summed E-state index contributed by atoms with van der Waals surface area (Å²) in [4.78, 5) is 12.8. The van der Waals surface area contributed by atoms with Gasteiger partial charge in [-0.05, 0) is 50.3 Å². The van der Waals surface area contributed by atoms with Gasteiger partial charge in [0.05, 0.1) is 12.7 Å². The van der Waals surface area contributed by atoms with Gasteiger partial charge in [0.25, 0.3) is 5.91 Å². The molecule has 1 aliphatic rings. The molecule has 140 valence electrons. The number of hydrogen-bond donors (Lipinski definition) is 1. The van der Waals surface area contributed by atoms with Crippen LogP contribution >= 0.6 is 0 Å². The van der Waals surface area contributed by atoms with E-state index >= 15 is 0 Å². The molecule has 4 nitrogen and oxygen atoms in total. The minimum Gasteiger partial charge on any atom is -0.496 e. The molecule has 1 amide bonds. The van der Waals surface area contributed by atoms with Gasteiger partial charge in [-0.2, -0.15) is 13.2 Å². The van der Waals surface area contributed by atoms with Crippen molar-refractivity contribution in [2.24, 2.45) is 5.92 Å². The highest BCUT2D eigenvalue weighted by molar-refractivity contribution is 5.97. The molecule has 1 fully saturated rings. The highest BCUT2D eigenvalue weighted by Crippen LogP contribution is 2.39. The first kappa shape index (κ1) is 19.6. The molecular formula is C18H24F3NO3. The van der Waals surface area contributed by atoms with Crippen LogP contribution in [0, 0.1) is 5.92 Å². The smallest absolute Gasteiger partial charge is 0.420 e. The van der Waals surface area contributed by atoms with Crippen molar-refractivity contribution in [2.45, 2.75) is 51.3 Å². The fourth-order valence-electron chi connectivity index (χ4n) is 3.43. The van der Waals surface area contributed by atoms with Gasteiger partial charge in [0.1, 0.15) is 11.4 Å². The minimum absolute atomic E-state index is 0.0791. The van der Waals surface area contributed by atoms with Gasteiger partial charge >= 0.3 is 6.18 Å². The molecule has 0 spiro atoms. The average Bonchev–Trinajstić information content (AvgIpc) is 2.54. The summed E-state index contributed by atoms with van der Waals surface area (Å²) in [6.45, 7) is 4.23. The lowest BCUT2D eigenvalue weighted by atomic mass is 9.78. The number of amides is 1. The lowest BCUT2D eigenvalue weighted by Gasteiger charge is -2.38. The molecule has 0 radical (unpaired) electrons. The maximum atomic E-state index is 13.1. The summed E-state index contributed by atoms with van der Waals surface area (Å²) in [5.74, 6) is -0.344. The van der Waals surface area contributed by atoms with Crippen LogP contribution in [0.25, 0.3) is 0 Å². The molecule has 0 saturated heterocycles. The van der Waals surface area contributed by atoms with E-state index < -0.39 is 17.3 Å². The van der Waals surface area contributed by atoms with E-state index in [-0.39, 0.29) is 17.3 Å². The third-order valence-corrected chi connectivity index (χ3v) is 4.55. The van der Waals surface area contributed by atoms with Crippen molar-refractivity contribution in [1.82, 2.24) is 0 Å². The fourth-order valence-corrected chi connectivity index (χ4v) is 3.43. The first-order chi connectivity index (χ1) is 11.7. The number of hydrogen-bond acceptors (Lipinski definition) is 3. The van der Waals surface area contributed by atoms with Gasteiger partial charge < -0.3 is 14.8 Å². The number of halogens is 3. The van der Waals surface area contributed by atoms with Crippen molar-refractivity contribution in [3.63, 3.8) is 0 Å². The summed E-state index contributed by atoms with van der Waals surface area (Å²) in [5, 5.41) is 2.60. The predicted octanol–water partition coefficient (Wildman–Crippen LogP) is 4.64. The number of carbonyl (C=O) groups excluding carboxylic acids is 1. The van der Waals surface area contributed by atoms with Gasteiger partial charge in [-0.3, -0.25) is 4.79 Å². The molecule has 7 heteroatoms. The van der Waals surface area contributed by atoms with Gasteiger partial charge in [0, 0.05) is 12.3 Å². The molecule has 1 saturated carbocycles. The lowest BCUT2D eigenvalue weighted by Crippen LogP contribution is -2.48. The predicted molar refractivity (Wildman–Crippen MR) is 88.6 cm³/mol. The van der Waals surface area contributed by atoms with E-state index in [4.69, 9.17) is 9.47 Å². The molecule has 0 bridgehead atoms. The van der Waals surface area contributed by atoms with E-state index in [0.717, 1.165) is 18.9 Å². The quantitative estimate of drug-likeness (QED) is 0.833. The van der Waals surface area contributed by atoms with E-state index in [9.17, 15) is 18.0 Å². The van der Waals surface area contributed by atoms with Crippen LogP contribution in [0.15, 0.2) is 18.2 Å². The van der Waals surface area contributed by atoms with Crippen molar-refractivity contribution in [3.05, 3.63) is 23.8 Å². The number of rotatable bonds is 5. The molecule has 2 atom stereocenters. The number of carbonyl (C=O) groups is 1. The number of methoxy groups -OCH3 is 1. The van der Waals surface area contributed by atoms with Crippen molar-refractivity contribution in [1.29, 1.82) is 0 Å². The summed E-state index contributed by atoms with van der Waals surface area (Å²) >= 11 is 0. The SMILES string of the molecule is CCO[C@@]1(C(=O)Nc2ccc(OC)c(C(F)(F)F)c2)CCC[C@H](C)C1. The molecule has 0 aromatic heterocycles. The standard InChI is InChI=1S/C18H24F3NO3/c1-4-25-17(9-5-6-12(2)11-17)16(23)22-13-7-8-15(24-3)14(10-13)18(19,20)21/h7-8,10,12H,4-6,9,11H2,1-3H3,(H,22,23)/t12-,17-/m0/s1. The van der Waals surface area contributed by atoms with Crippen molar-refractivity contribution in [3.8, 4) is 5.75 Å². The zero-order valence-corrected chi connectivity index (χ0v) is 14.7. The first-order valence-electron chi connectivity index (χ1n) is 8.42. The van der Waals surface area contributed by atoms with Gasteiger partial charge in [0.2, 0.25) is 0 Å². The second kappa shape index (κ2) is 7.64. The number of benzene rings is 1. The van der Waals surface area contributed by atoms with Crippen LogP contribution in [-0.2, 0) is 15.7 Å². The van der Waals surface area contributed by atoms with E-state index in [1.54, 1.807) is 0 Å². The normalized spacial score (nSPS) is 24.0. The van der Waals surface area contributed by atoms with Gasteiger partial charge in [-0.1, -0.05) is 13.3 Å². The second-order valence-corrected chi connectivity index (χ2v) is 6.50. The maximum absolute atomic E-state index is 13.1. The fraction of sp³-hybridized carbons (Fsp3) is 0.611. The third kappa shape index (κ3) is 4.45. The largest absolute Gasteiger partial charge is 0.496 e. The Morgan fingerprint density at radius 1 is 1.40 bits per heavy atom. The zero-order valence-electron chi connectivity index (χ0n) is 14.7. The highest BCUT2D eigenvalue weighted by atomic mass is 19.4. The van der Waals surface area contributed by atoms with E-state index in [1.165, 1.54) is 19.2 Å². The van der Waals surface area contributed by atoms with Crippen LogP contribution in [0.4, 0.5) is 18.9 Å². The van der Waals surface area contributed by atoms with Gasteiger partial charge in [-0.15, -0.1) is 0 Å². The molecule has 0 unspecified atom stereocenters. The van der Waals surface area contributed by atoms with Crippen molar-refractivity contribution < 1.29 is 27.4 Å². The van der Waals surface area contributed by atoms with Gasteiger partial charge in [0.15, 0.2) is 0 Å². The molecular weight excluding hydrogens is 335 g/mol. The van der Waals surface area contributed by atoms with Crippen molar-refractivity contribution in [2.75, 3.05) is 19.0 Å². The topological polar surface area (TPSA) is 47.6 Å². The number of alkyl halides is 3. The van der Waals surface area contributed by atoms with E-state index in [1.807, 2.05) is 6.92 Å². The van der Waals surface area contributed by atoms with Gasteiger partial charge in [-0.25, -0.2) is 0 Å². The Balaban J connectivity index is 2.26. The molecule has 1 aromatic rings. The third-order valence-electron chi connectivity index (χ3n) is 4.55.